The summed E-state index contributed by atoms with van der Waals surface area (Å²) in [5.41, 5.74) is 7.06. The molecule has 3 rings (SSSR count). The Bertz CT molecular complexity index is 987. The van der Waals surface area contributed by atoms with Crippen LogP contribution < -0.4 is 4.74 Å². The highest BCUT2D eigenvalue weighted by atomic mass is 16.6. The molecular formula is C25H33NO3. The van der Waals surface area contributed by atoms with E-state index >= 15 is 0 Å². The highest BCUT2D eigenvalue weighted by molar-refractivity contribution is 5.93. The first-order chi connectivity index (χ1) is 13.8. The molecule has 1 atom stereocenters. The van der Waals surface area contributed by atoms with E-state index in [1.807, 2.05) is 26.8 Å². The highest BCUT2D eigenvalue weighted by Crippen LogP contribution is 2.38. The Balaban J connectivity index is 0.00000145. The van der Waals surface area contributed by atoms with Gasteiger partial charge in [0.05, 0.1) is 12.6 Å². The minimum Gasteiger partial charge on any atom is -0.478 e. The Hall–Kier alpha value is -2.75. The lowest BCUT2D eigenvalue weighted by Gasteiger charge is -2.19. The fourth-order valence-electron chi connectivity index (χ4n) is 3.60. The largest absolute Gasteiger partial charge is 0.478 e. The molecule has 4 nitrogen and oxygen atoms in total. The summed E-state index contributed by atoms with van der Waals surface area (Å²) in [7, 11) is 1.38. The molecule has 0 saturated carbocycles. The van der Waals surface area contributed by atoms with Gasteiger partial charge in [-0.3, -0.25) is 0 Å². The molecule has 29 heavy (non-hydrogen) atoms. The van der Waals surface area contributed by atoms with Crippen LogP contribution in [-0.2, 0) is 16.1 Å². The Morgan fingerprint density at radius 2 is 1.62 bits per heavy atom. The van der Waals surface area contributed by atoms with Crippen molar-refractivity contribution in [3.05, 3.63) is 64.3 Å². The second-order valence-electron chi connectivity index (χ2n) is 7.11. The van der Waals surface area contributed by atoms with Crippen LogP contribution in [0.25, 0.3) is 10.9 Å². The van der Waals surface area contributed by atoms with E-state index in [1.165, 1.54) is 23.8 Å². The van der Waals surface area contributed by atoms with Gasteiger partial charge < -0.3 is 14.0 Å². The molecule has 2 aromatic carbocycles. The molecule has 0 spiro atoms. The molecule has 1 aromatic heterocycles. The molecule has 0 radical (unpaired) electrons. The predicted molar refractivity (Wildman–Crippen MR) is 120 cm³/mol. The normalized spacial score (nSPS) is 11.6. The number of methoxy groups -OCH3 is 1. The number of rotatable bonds is 5. The van der Waals surface area contributed by atoms with Gasteiger partial charge in [-0.2, -0.15) is 0 Å². The van der Waals surface area contributed by atoms with Crippen molar-refractivity contribution in [1.82, 2.24) is 4.57 Å². The van der Waals surface area contributed by atoms with E-state index < -0.39 is 6.10 Å². The number of benzene rings is 2. The summed E-state index contributed by atoms with van der Waals surface area (Å²) in [6.45, 7) is 14.9. The summed E-state index contributed by atoms with van der Waals surface area (Å²) in [5, 5.41) is 1.04. The van der Waals surface area contributed by atoms with Crippen molar-refractivity contribution in [2.24, 2.45) is 0 Å². The zero-order valence-corrected chi connectivity index (χ0v) is 18.9. The second-order valence-corrected chi connectivity index (χ2v) is 7.11. The number of ether oxygens (including phenoxy) is 2. The molecule has 0 bridgehead atoms. The van der Waals surface area contributed by atoms with Gasteiger partial charge in [0.15, 0.2) is 6.10 Å². The maximum atomic E-state index is 11.9. The number of hydrogen-bond donors (Lipinski definition) is 0. The summed E-state index contributed by atoms with van der Waals surface area (Å²) in [6, 6.07) is 12.6. The molecule has 0 fully saturated rings. The van der Waals surface area contributed by atoms with E-state index in [9.17, 15) is 4.79 Å². The van der Waals surface area contributed by atoms with E-state index in [4.69, 9.17) is 9.47 Å². The fraction of sp³-hybridized carbons (Fsp3) is 0.400. The molecule has 1 heterocycles. The molecular weight excluding hydrogens is 362 g/mol. The van der Waals surface area contributed by atoms with Crippen LogP contribution in [0, 0.1) is 27.7 Å². The third-order valence-electron chi connectivity index (χ3n) is 5.38. The van der Waals surface area contributed by atoms with Crippen molar-refractivity contribution >= 4 is 16.9 Å². The van der Waals surface area contributed by atoms with Gasteiger partial charge in [-0.25, -0.2) is 4.79 Å². The molecule has 4 heteroatoms. The molecule has 0 aliphatic heterocycles. The Labute approximate surface area is 174 Å². The Morgan fingerprint density at radius 3 is 2.21 bits per heavy atom. The van der Waals surface area contributed by atoms with Crippen LogP contribution in [0.5, 0.6) is 5.75 Å². The van der Waals surface area contributed by atoms with Gasteiger partial charge in [-0.15, -0.1) is 0 Å². The van der Waals surface area contributed by atoms with Gasteiger partial charge in [0.2, 0.25) is 0 Å². The predicted octanol–water partition coefficient (Wildman–Crippen LogP) is 5.89. The van der Waals surface area contributed by atoms with Crippen molar-refractivity contribution in [1.29, 1.82) is 0 Å². The fourth-order valence-corrected chi connectivity index (χ4v) is 3.60. The molecule has 1 unspecified atom stereocenters. The summed E-state index contributed by atoms with van der Waals surface area (Å²) in [4.78, 5) is 11.9. The molecule has 0 saturated heterocycles. The number of carbonyl (C=O) groups is 1. The number of hydrogen-bond acceptors (Lipinski definition) is 3. The Morgan fingerprint density at radius 1 is 1.00 bits per heavy atom. The van der Waals surface area contributed by atoms with Crippen LogP contribution in [0.1, 0.15) is 48.7 Å². The van der Waals surface area contributed by atoms with Crippen molar-refractivity contribution < 1.29 is 14.3 Å². The first kappa shape index (κ1) is 22.5. The number of carbonyl (C=O) groups excluding carboxylic acids is 1. The summed E-state index contributed by atoms with van der Waals surface area (Å²) in [5.74, 6) is 0.391. The van der Waals surface area contributed by atoms with Crippen LogP contribution in [0.2, 0.25) is 0 Å². The number of aromatic nitrogens is 1. The number of nitrogens with zero attached hydrogens (tertiary/aromatic N) is 1. The number of aryl methyl sites for hydroxylation is 2. The molecule has 156 valence electrons. The van der Waals surface area contributed by atoms with Crippen LogP contribution in [-0.4, -0.2) is 23.8 Å². The maximum absolute atomic E-state index is 11.9. The van der Waals surface area contributed by atoms with Crippen LogP contribution in [0.4, 0.5) is 0 Å². The lowest BCUT2D eigenvalue weighted by Crippen LogP contribution is -2.25. The number of esters is 1. The number of fused-ring (bicyclic) bond motifs is 1. The van der Waals surface area contributed by atoms with E-state index in [-0.39, 0.29) is 5.97 Å². The first-order valence-electron chi connectivity index (χ1n) is 10.2. The molecule has 0 N–H and O–H groups in total. The third-order valence-corrected chi connectivity index (χ3v) is 5.38. The van der Waals surface area contributed by atoms with E-state index in [0.29, 0.717) is 0 Å². The molecule has 0 aliphatic carbocycles. The van der Waals surface area contributed by atoms with Crippen LogP contribution >= 0.6 is 0 Å². The van der Waals surface area contributed by atoms with E-state index in [1.54, 1.807) is 6.92 Å². The smallest absolute Gasteiger partial charge is 0.346 e. The molecule has 0 aliphatic rings. The lowest BCUT2D eigenvalue weighted by atomic mass is 9.99. The first-order valence-corrected chi connectivity index (χ1v) is 10.2. The average molecular weight is 396 g/mol. The van der Waals surface area contributed by atoms with Gasteiger partial charge in [0.1, 0.15) is 5.75 Å². The van der Waals surface area contributed by atoms with Crippen LogP contribution in [0.3, 0.4) is 0 Å². The van der Waals surface area contributed by atoms with Crippen molar-refractivity contribution in [3.8, 4) is 5.75 Å². The van der Waals surface area contributed by atoms with Gasteiger partial charge in [0, 0.05) is 17.6 Å². The average Bonchev–Trinajstić information content (AvgIpc) is 3.07. The SMILES string of the molecule is CC.COC(=O)C(C)Oc1c(C)c(C)c(C)c2c1cc(C)n2Cc1ccccc1. The van der Waals surface area contributed by atoms with Crippen molar-refractivity contribution in [2.75, 3.05) is 7.11 Å². The third kappa shape index (κ3) is 4.47. The van der Waals surface area contributed by atoms with Crippen molar-refractivity contribution in [3.63, 3.8) is 0 Å². The summed E-state index contributed by atoms with van der Waals surface area (Å²) in [6.07, 6.45) is -0.656. The monoisotopic (exact) mass is 395 g/mol. The zero-order chi connectivity index (χ0) is 21.7. The van der Waals surface area contributed by atoms with E-state index in [2.05, 4.69) is 55.7 Å². The van der Waals surface area contributed by atoms with Gasteiger partial charge in [-0.05, 0) is 62.9 Å². The molecule has 3 aromatic rings. The van der Waals surface area contributed by atoms with Gasteiger partial charge in [-0.1, -0.05) is 44.2 Å². The minimum absolute atomic E-state index is 0.374. The van der Waals surface area contributed by atoms with Gasteiger partial charge in [0.25, 0.3) is 0 Å². The van der Waals surface area contributed by atoms with Gasteiger partial charge >= 0.3 is 5.97 Å². The quantitative estimate of drug-likeness (QED) is 0.506. The summed E-state index contributed by atoms with van der Waals surface area (Å²) < 4.78 is 13.2. The second kappa shape index (κ2) is 9.64. The minimum atomic E-state index is -0.656. The Kier molecular flexibility index (Phi) is 7.49. The maximum Gasteiger partial charge on any atom is 0.346 e. The van der Waals surface area contributed by atoms with Crippen LogP contribution in [0.15, 0.2) is 36.4 Å². The lowest BCUT2D eigenvalue weighted by molar-refractivity contribution is -0.147. The van der Waals surface area contributed by atoms with E-state index in [0.717, 1.165) is 34.5 Å². The standard InChI is InChI=1S/C23H27NO3.C2H6/c1-14-12-20-21(24(14)13-19-10-8-7-9-11-19)16(3)15(2)17(4)22(20)27-18(5)23(25)26-6;1-2/h7-12,18H,13H2,1-6H3;1-2H3. The van der Waals surface area contributed by atoms with Crippen molar-refractivity contribution in [2.45, 2.75) is 61.1 Å². The summed E-state index contributed by atoms with van der Waals surface area (Å²) >= 11 is 0. The topological polar surface area (TPSA) is 40.5 Å². The zero-order valence-electron chi connectivity index (χ0n) is 18.9. The molecule has 0 amide bonds. The highest BCUT2D eigenvalue weighted by Gasteiger charge is 2.22.